The van der Waals surface area contributed by atoms with Crippen LogP contribution in [0.3, 0.4) is 0 Å². The van der Waals surface area contributed by atoms with Crippen LogP contribution in [0.1, 0.15) is 55.8 Å². The van der Waals surface area contributed by atoms with Gasteiger partial charge in [0.1, 0.15) is 5.82 Å². The SMILES string of the molecule is CCC(=O)N1CCCN(C(=O)c2cccnc2NC2CCCC2)CC1. The number of aromatic nitrogens is 1. The standard InChI is InChI=1S/C19H28N4O2/c1-2-17(24)22-11-6-12-23(14-13-22)19(25)16-9-5-10-20-18(16)21-15-7-3-4-8-15/h5,9-10,15H,2-4,6-8,11-14H2,1H3,(H,20,21). The summed E-state index contributed by atoms with van der Waals surface area (Å²) in [5, 5.41) is 3.46. The molecular formula is C19H28N4O2. The van der Waals surface area contributed by atoms with Gasteiger partial charge < -0.3 is 15.1 Å². The number of hydrogen-bond acceptors (Lipinski definition) is 4. The molecule has 0 atom stereocenters. The first-order valence-corrected chi connectivity index (χ1v) is 9.47. The molecule has 0 bridgehead atoms. The normalized spacial score (nSPS) is 18.9. The average molecular weight is 344 g/mol. The lowest BCUT2D eigenvalue weighted by molar-refractivity contribution is -0.130. The van der Waals surface area contributed by atoms with Crippen LogP contribution in [0.15, 0.2) is 18.3 Å². The number of anilines is 1. The van der Waals surface area contributed by atoms with Crippen LogP contribution < -0.4 is 5.32 Å². The van der Waals surface area contributed by atoms with Crippen LogP contribution in [0.5, 0.6) is 0 Å². The molecule has 1 saturated carbocycles. The largest absolute Gasteiger partial charge is 0.367 e. The lowest BCUT2D eigenvalue weighted by Crippen LogP contribution is -2.37. The first kappa shape index (κ1) is 17.7. The Labute approximate surface area is 149 Å². The highest BCUT2D eigenvalue weighted by Gasteiger charge is 2.25. The second kappa shape index (κ2) is 8.32. The maximum atomic E-state index is 13.0. The van der Waals surface area contributed by atoms with Gasteiger partial charge in [-0.2, -0.15) is 0 Å². The minimum atomic E-state index is 0.0133. The number of carbonyl (C=O) groups is 2. The molecule has 6 heteroatoms. The van der Waals surface area contributed by atoms with Crippen LogP contribution in [0.4, 0.5) is 5.82 Å². The molecule has 2 amide bonds. The number of carbonyl (C=O) groups excluding carboxylic acids is 2. The molecule has 1 aromatic rings. The molecule has 6 nitrogen and oxygen atoms in total. The van der Waals surface area contributed by atoms with E-state index in [-0.39, 0.29) is 11.8 Å². The zero-order chi connectivity index (χ0) is 17.6. The number of rotatable bonds is 4. The van der Waals surface area contributed by atoms with Gasteiger partial charge in [0.05, 0.1) is 5.56 Å². The van der Waals surface area contributed by atoms with Crippen molar-refractivity contribution in [1.82, 2.24) is 14.8 Å². The monoisotopic (exact) mass is 344 g/mol. The molecular weight excluding hydrogens is 316 g/mol. The lowest BCUT2D eigenvalue weighted by Gasteiger charge is -2.23. The third kappa shape index (κ3) is 4.30. The molecule has 1 N–H and O–H groups in total. The van der Waals surface area contributed by atoms with E-state index in [1.165, 1.54) is 12.8 Å². The minimum Gasteiger partial charge on any atom is -0.367 e. The van der Waals surface area contributed by atoms with Crippen LogP contribution in [-0.2, 0) is 4.79 Å². The van der Waals surface area contributed by atoms with Crippen molar-refractivity contribution >= 4 is 17.6 Å². The minimum absolute atomic E-state index is 0.0133. The number of amides is 2. The average Bonchev–Trinajstić information content (AvgIpc) is 3.02. The zero-order valence-electron chi connectivity index (χ0n) is 15.0. The molecule has 1 aliphatic carbocycles. The van der Waals surface area contributed by atoms with E-state index < -0.39 is 0 Å². The van der Waals surface area contributed by atoms with E-state index in [2.05, 4.69) is 10.3 Å². The van der Waals surface area contributed by atoms with E-state index in [0.29, 0.717) is 43.5 Å². The Hall–Kier alpha value is -2.11. The smallest absolute Gasteiger partial charge is 0.257 e. The predicted octanol–water partition coefficient (Wildman–Crippen LogP) is 2.52. The van der Waals surface area contributed by atoms with Crippen molar-refractivity contribution in [2.45, 2.75) is 51.5 Å². The van der Waals surface area contributed by atoms with Crippen molar-refractivity contribution < 1.29 is 9.59 Å². The number of nitrogens with zero attached hydrogens (tertiary/aromatic N) is 3. The second-order valence-corrected chi connectivity index (χ2v) is 6.91. The highest BCUT2D eigenvalue weighted by molar-refractivity contribution is 5.98. The molecule has 2 aliphatic rings. The van der Waals surface area contributed by atoms with Gasteiger partial charge in [0, 0.05) is 44.8 Å². The van der Waals surface area contributed by atoms with E-state index in [9.17, 15) is 9.59 Å². The van der Waals surface area contributed by atoms with Crippen LogP contribution in [0.25, 0.3) is 0 Å². The molecule has 0 unspecified atom stereocenters. The van der Waals surface area contributed by atoms with E-state index in [1.807, 2.05) is 28.9 Å². The first-order valence-electron chi connectivity index (χ1n) is 9.47. The van der Waals surface area contributed by atoms with Gasteiger partial charge in [-0.25, -0.2) is 4.98 Å². The van der Waals surface area contributed by atoms with Crippen LogP contribution in [0, 0.1) is 0 Å². The second-order valence-electron chi connectivity index (χ2n) is 6.91. The van der Waals surface area contributed by atoms with E-state index in [4.69, 9.17) is 0 Å². The van der Waals surface area contributed by atoms with Gasteiger partial charge in [-0.1, -0.05) is 19.8 Å². The summed E-state index contributed by atoms with van der Waals surface area (Å²) in [4.78, 5) is 33.1. The van der Waals surface area contributed by atoms with Gasteiger partial charge in [0.25, 0.3) is 5.91 Å². The van der Waals surface area contributed by atoms with E-state index in [0.717, 1.165) is 25.8 Å². The number of pyridine rings is 1. The third-order valence-corrected chi connectivity index (χ3v) is 5.17. The fraction of sp³-hybridized carbons (Fsp3) is 0.632. The van der Waals surface area contributed by atoms with Crippen molar-refractivity contribution in [3.05, 3.63) is 23.9 Å². The van der Waals surface area contributed by atoms with Gasteiger partial charge in [-0.15, -0.1) is 0 Å². The van der Waals surface area contributed by atoms with Crippen LogP contribution in [0.2, 0.25) is 0 Å². The van der Waals surface area contributed by atoms with Crippen molar-refractivity contribution in [2.75, 3.05) is 31.5 Å². The number of nitrogens with one attached hydrogen (secondary N) is 1. The highest BCUT2D eigenvalue weighted by Crippen LogP contribution is 2.24. The fourth-order valence-corrected chi connectivity index (χ4v) is 3.72. The Morgan fingerprint density at radius 2 is 1.84 bits per heavy atom. The van der Waals surface area contributed by atoms with Gasteiger partial charge in [-0.05, 0) is 31.4 Å². The maximum Gasteiger partial charge on any atom is 0.257 e. The first-order chi connectivity index (χ1) is 12.2. The summed E-state index contributed by atoms with van der Waals surface area (Å²) in [7, 11) is 0. The number of hydrogen-bond donors (Lipinski definition) is 1. The summed E-state index contributed by atoms with van der Waals surface area (Å²) >= 11 is 0. The lowest BCUT2D eigenvalue weighted by atomic mass is 10.2. The van der Waals surface area contributed by atoms with Crippen LogP contribution in [-0.4, -0.2) is 58.8 Å². The zero-order valence-corrected chi connectivity index (χ0v) is 15.0. The Balaban J connectivity index is 1.69. The van der Waals surface area contributed by atoms with Crippen LogP contribution >= 0.6 is 0 Å². The summed E-state index contributed by atoms with van der Waals surface area (Å²) in [5.74, 6) is 0.879. The van der Waals surface area contributed by atoms with E-state index in [1.54, 1.807) is 6.20 Å². The topological polar surface area (TPSA) is 65.5 Å². The molecule has 136 valence electrons. The summed E-state index contributed by atoms with van der Waals surface area (Å²) in [5.41, 5.74) is 0.643. The summed E-state index contributed by atoms with van der Waals surface area (Å²) in [6.07, 6.45) is 7.83. The molecule has 1 aromatic heterocycles. The van der Waals surface area contributed by atoms with Gasteiger partial charge in [0.15, 0.2) is 0 Å². The van der Waals surface area contributed by atoms with Crippen molar-refractivity contribution in [3.8, 4) is 0 Å². The third-order valence-electron chi connectivity index (χ3n) is 5.17. The van der Waals surface area contributed by atoms with E-state index >= 15 is 0 Å². The molecule has 2 heterocycles. The Kier molecular flexibility index (Phi) is 5.89. The Morgan fingerprint density at radius 1 is 1.12 bits per heavy atom. The maximum absolute atomic E-state index is 13.0. The predicted molar refractivity (Wildman–Crippen MR) is 97.5 cm³/mol. The Bertz CT molecular complexity index is 613. The van der Waals surface area contributed by atoms with Gasteiger partial charge in [-0.3, -0.25) is 9.59 Å². The quantitative estimate of drug-likeness (QED) is 0.911. The molecule has 0 spiro atoms. The van der Waals surface area contributed by atoms with Crippen molar-refractivity contribution in [2.24, 2.45) is 0 Å². The van der Waals surface area contributed by atoms with Crippen molar-refractivity contribution in [3.63, 3.8) is 0 Å². The van der Waals surface area contributed by atoms with Crippen molar-refractivity contribution in [1.29, 1.82) is 0 Å². The fourth-order valence-electron chi connectivity index (χ4n) is 3.72. The molecule has 1 aliphatic heterocycles. The molecule has 2 fully saturated rings. The molecule has 3 rings (SSSR count). The molecule has 25 heavy (non-hydrogen) atoms. The van der Waals surface area contributed by atoms with Gasteiger partial charge in [0.2, 0.25) is 5.91 Å². The molecule has 0 aromatic carbocycles. The summed E-state index contributed by atoms with van der Waals surface area (Å²) in [6, 6.07) is 4.09. The molecule has 0 radical (unpaired) electrons. The highest BCUT2D eigenvalue weighted by atomic mass is 16.2. The summed E-state index contributed by atoms with van der Waals surface area (Å²) in [6.45, 7) is 4.50. The summed E-state index contributed by atoms with van der Waals surface area (Å²) < 4.78 is 0. The Morgan fingerprint density at radius 3 is 2.60 bits per heavy atom. The van der Waals surface area contributed by atoms with Gasteiger partial charge >= 0.3 is 0 Å². The molecule has 1 saturated heterocycles.